The monoisotopic (exact) mass is 1800 g/mol. The lowest BCUT2D eigenvalue weighted by atomic mass is 9.77. The highest BCUT2D eigenvalue weighted by atomic mass is 19.1. The number of Topliss-reactive ketones (excluding diaryl/α,β-unsaturated/α-hetero) is 6. The van der Waals surface area contributed by atoms with E-state index in [0.29, 0.717) is 131 Å². The van der Waals surface area contributed by atoms with Gasteiger partial charge in [0, 0.05) is 136 Å². The second kappa shape index (κ2) is 42.9. The van der Waals surface area contributed by atoms with Gasteiger partial charge < -0.3 is 40.4 Å². The lowest BCUT2D eigenvalue weighted by Crippen LogP contribution is -2.40. The number of fused-ring (bicyclic) bond motifs is 6. The fraction of sp³-hybridized carbons (Fsp3) is 0.450. The van der Waals surface area contributed by atoms with Gasteiger partial charge in [-0.3, -0.25) is 62.3 Å². The Labute approximate surface area is 782 Å². The molecule has 0 radical (unpaired) electrons. The van der Waals surface area contributed by atoms with Gasteiger partial charge in [0.25, 0.3) is 35.4 Å². The quantitative estimate of drug-likeness (QED) is 0.0803. The number of nitrogens with zero attached hydrogens (tertiary/aromatic N) is 6. The van der Waals surface area contributed by atoms with Crippen LogP contribution in [-0.4, -0.2) is 142 Å². The van der Waals surface area contributed by atoms with Gasteiger partial charge >= 0.3 is 0 Å². The lowest BCUT2D eigenvalue weighted by Gasteiger charge is -2.28. The predicted octanol–water partition coefficient (Wildman–Crippen LogP) is 19.9. The van der Waals surface area contributed by atoms with E-state index in [9.17, 15) is 66.7 Å². The predicted molar refractivity (Wildman–Crippen MR) is 512 cm³/mol. The molecule has 133 heavy (non-hydrogen) atoms. The normalized spacial score (nSPS) is 22.7. The van der Waals surface area contributed by atoms with Gasteiger partial charge in [-0.1, -0.05) is 161 Å². The Balaban J connectivity index is 0.000000128. The molecular weight excluding hydrogens is 1670 g/mol. The molecule has 1 unspecified atom stereocenters. The molecule has 7 amide bonds. The van der Waals surface area contributed by atoms with Crippen LogP contribution < -0.4 is 11.1 Å². The molecule has 698 valence electrons. The Kier molecular flexibility index (Phi) is 31.3. The van der Waals surface area contributed by atoms with Gasteiger partial charge in [0.2, 0.25) is 5.91 Å². The Hall–Kier alpha value is -12.0. The number of carbonyl (C=O) groups is 13. The molecule has 6 aromatic rings. The van der Waals surface area contributed by atoms with Crippen molar-refractivity contribution in [3.63, 3.8) is 0 Å². The SMILES string of the molecule is C=C1CCC[C@H](N2Cc3c(C)cc(F)cc3C2=O)C(=O)C1.C=C1CCC[C@H](N2Cc3c(CCC)cccc3C2=O)C(=O)C1.C=C1CCC[C@H](N2Cc3c(NC(C)=O)cccc3C2=O)C(=O)C1.C=C1CCC[C@H](N2Cc3c(cccc3C(C)CC)C2=O)C(=O)C1.C=C1CCC[C@H](N2Cc3c(cccc3C3CCC3)C2=O)C(=O)C1.C=C1CCC[C@H](N2Cc3cc(CN)ccc3C2=O)C(=O)C1. The van der Waals surface area contributed by atoms with E-state index in [0.717, 1.165) is 211 Å². The fourth-order valence-electron chi connectivity index (χ4n) is 21.7. The molecule has 6 heterocycles. The van der Waals surface area contributed by atoms with Crippen LogP contribution in [0.4, 0.5) is 10.1 Å². The summed E-state index contributed by atoms with van der Waals surface area (Å²) >= 11 is 0. The van der Waals surface area contributed by atoms with Crippen molar-refractivity contribution in [2.75, 3.05) is 5.32 Å². The molecule has 6 aliphatic heterocycles. The molecular formula is C111H129FN8O13. The van der Waals surface area contributed by atoms with Crippen LogP contribution >= 0.6 is 0 Å². The molecule has 19 rings (SSSR count). The summed E-state index contributed by atoms with van der Waals surface area (Å²) in [6.45, 7) is 36.9. The molecule has 21 nitrogen and oxygen atoms in total. The van der Waals surface area contributed by atoms with Crippen LogP contribution in [0.1, 0.15) is 349 Å². The zero-order valence-corrected chi connectivity index (χ0v) is 78.3. The van der Waals surface area contributed by atoms with Crippen molar-refractivity contribution in [1.29, 1.82) is 0 Å². The topological polar surface area (TPSA) is 279 Å². The number of aryl methyl sites for hydroxylation is 2. The van der Waals surface area contributed by atoms with Gasteiger partial charge in [-0.2, -0.15) is 0 Å². The number of amides is 7. The van der Waals surface area contributed by atoms with Gasteiger partial charge in [-0.05, 0) is 264 Å². The van der Waals surface area contributed by atoms with Gasteiger partial charge in [0.1, 0.15) is 5.82 Å². The molecule has 0 spiro atoms. The number of rotatable bonds is 13. The number of carbonyl (C=O) groups excluding carboxylic acids is 13. The van der Waals surface area contributed by atoms with E-state index in [-0.39, 0.29) is 106 Å². The second-order valence-electron chi connectivity index (χ2n) is 38.7. The summed E-state index contributed by atoms with van der Waals surface area (Å²) < 4.78 is 13.5. The van der Waals surface area contributed by atoms with Gasteiger partial charge in [0.15, 0.2) is 34.7 Å². The third-order valence-electron chi connectivity index (χ3n) is 29.2. The molecule has 7 saturated carbocycles. The smallest absolute Gasteiger partial charge is 0.255 e. The van der Waals surface area contributed by atoms with Crippen LogP contribution in [0.15, 0.2) is 176 Å². The highest BCUT2D eigenvalue weighted by Gasteiger charge is 2.46. The van der Waals surface area contributed by atoms with Crippen LogP contribution in [0.3, 0.4) is 0 Å². The van der Waals surface area contributed by atoms with Crippen LogP contribution in [0.25, 0.3) is 0 Å². The second-order valence-corrected chi connectivity index (χ2v) is 38.7. The van der Waals surface area contributed by atoms with E-state index in [1.807, 2.05) is 59.5 Å². The number of allylic oxidation sites excluding steroid dienone is 6. The largest absolute Gasteiger partial charge is 0.326 e. The average Bonchev–Trinajstić information content (AvgIpc) is 1.70. The van der Waals surface area contributed by atoms with Crippen molar-refractivity contribution < 1.29 is 66.7 Å². The van der Waals surface area contributed by atoms with Crippen LogP contribution in [0, 0.1) is 12.7 Å². The summed E-state index contributed by atoms with van der Waals surface area (Å²) in [5.41, 5.74) is 28.0. The first-order chi connectivity index (χ1) is 63.8. The zero-order chi connectivity index (χ0) is 94.9. The number of anilines is 1. The third kappa shape index (κ3) is 21.6. The minimum absolute atomic E-state index is 0.0241. The van der Waals surface area contributed by atoms with Crippen molar-refractivity contribution in [1.82, 2.24) is 29.4 Å². The maximum absolute atomic E-state index is 13.5. The van der Waals surface area contributed by atoms with E-state index in [2.05, 4.69) is 83.8 Å². The van der Waals surface area contributed by atoms with Crippen molar-refractivity contribution in [3.05, 3.63) is 276 Å². The van der Waals surface area contributed by atoms with E-state index in [4.69, 9.17) is 5.73 Å². The highest BCUT2D eigenvalue weighted by Crippen LogP contribution is 2.44. The molecule has 7 aliphatic carbocycles. The summed E-state index contributed by atoms with van der Waals surface area (Å²) in [7, 11) is 0. The standard InChI is InChI=1S/C20H23NO2.C20H25NO2.C19H23NO2.C18H20N2O3.C17H18FNO2.C17H20N2O2/c1-13-5-2-10-18(19(22)11-13)21-12-17-15(14-6-3-7-14)8-4-9-16(17)20(21)23;1-4-14(3)15-8-6-9-16-17(15)12-21(20(16)23)18-10-5-7-13(2)11-19(18)22;1-3-6-14-8-5-9-15-16(14)12-20(19(15)22)17-10-4-7-13(2)11-18(17)21;1-11-5-3-8-16(17(22)9-11)20-10-14-13(18(20)23)6-4-7-15(14)19-12(2)21;1-10-4-3-5-15(16(20)6-10)19-9-14-11(2)7-12(18)8-13(14)17(19)21;1-11-3-2-4-15(16(20)7-11)19-10-13-8-12(9-18)5-6-14(13)17(19)21/h4,8-9,14,18H,1-3,5-7,10-12H2;6,8-9,14,18H,2,4-5,7,10-12H2,1,3H3;5,8-9,17H,2-4,6-7,10-12H2,1H3;4,6-7,16H,1,3,5,8-10H2,2H3,(H,19,21);7-8,15H,1,3-6,9H2,2H3;5-6,8,15H,1-4,7,9-10,18H2/t18-;14?,18-;17-;16-;2*15-/m000000/s1. The molecule has 3 N–H and O–H groups in total. The zero-order valence-electron chi connectivity index (χ0n) is 78.3. The van der Waals surface area contributed by atoms with Crippen molar-refractivity contribution in [3.8, 4) is 0 Å². The number of nitrogens with two attached hydrogens (primary N) is 1. The number of hydrogen-bond donors (Lipinski definition) is 2. The lowest BCUT2D eigenvalue weighted by molar-refractivity contribution is -0.123. The first-order valence-corrected chi connectivity index (χ1v) is 48.2. The molecule has 0 aromatic heterocycles. The van der Waals surface area contributed by atoms with E-state index in [1.165, 1.54) is 60.6 Å². The molecule has 13 aliphatic rings. The summed E-state index contributed by atoms with van der Waals surface area (Å²) in [4.78, 5) is 173. The van der Waals surface area contributed by atoms with E-state index < -0.39 is 11.9 Å². The summed E-state index contributed by atoms with van der Waals surface area (Å²) in [5, 5.41) is 2.76. The van der Waals surface area contributed by atoms with Crippen molar-refractivity contribution >= 4 is 81.7 Å². The van der Waals surface area contributed by atoms with Crippen LogP contribution in [0.5, 0.6) is 0 Å². The van der Waals surface area contributed by atoms with Crippen molar-refractivity contribution in [2.24, 2.45) is 5.73 Å². The minimum Gasteiger partial charge on any atom is -0.326 e. The number of halogens is 1. The summed E-state index contributed by atoms with van der Waals surface area (Å²) in [6.07, 6.45) is 24.3. The van der Waals surface area contributed by atoms with Crippen LogP contribution in [-0.2, 0) is 85.8 Å². The number of hydrogen-bond acceptors (Lipinski definition) is 14. The molecule has 7 atom stereocenters. The van der Waals surface area contributed by atoms with Crippen molar-refractivity contribution in [2.45, 2.75) is 321 Å². The average molecular weight is 1800 g/mol. The van der Waals surface area contributed by atoms with E-state index >= 15 is 0 Å². The summed E-state index contributed by atoms with van der Waals surface area (Å²) in [6, 6.07) is 29.9. The summed E-state index contributed by atoms with van der Waals surface area (Å²) in [5.74, 6) is 0.901. The number of benzene rings is 6. The molecule has 7 fully saturated rings. The number of nitrogens with one attached hydrogen (secondary N) is 1. The molecule has 6 aromatic carbocycles. The van der Waals surface area contributed by atoms with E-state index in [1.54, 1.807) is 49.6 Å². The number of ketones is 6. The maximum Gasteiger partial charge on any atom is 0.255 e. The first-order valence-electron chi connectivity index (χ1n) is 48.2. The molecule has 22 heteroatoms. The Bertz CT molecular complexity index is 5640. The first kappa shape index (κ1) is 97.0. The molecule has 0 bridgehead atoms. The van der Waals surface area contributed by atoms with Gasteiger partial charge in [-0.25, -0.2) is 4.39 Å². The minimum atomic E-state index is -0.401. The van der Waals surface area contributed by atoms with Gasteiger partial charge in [-0.15, -0.1) is 0 Å². The highest BCUT2D eigenvalue weighted by molar-refractivity contribution is 6.07. The Morgan fingerprint density at radius 2 is 0.767 bits per heavy atom. The fourth-order valence-corrected chi connectivity index (χ4v) is 21.7. The maximum atomic E-state index is 13.5. The van der Waals surface area contributed by atoms with Gasteiger partial charge in [0.05, 0.1) is 36.3 Å². The Morgan fingerprint density at radius 1 is 0.406 bits per heavy atom. The molecule has 0 saturated heterocycles. The Morgan fingerprint density at radius 3 is 1.18 bits per heavy atom. The third-order valence-corrected chi connectivity index (χ3v) is 29.2. The van der Waals surface area contributed by atoms with Crippen LogP contribution in [0.2, 0.25) is 0 Å².